The topological polar surface area (TPSA) is 67.1 Å². The quantitative estimate of drug-likeness (QED) is 0.729. The van der Waals surface area contributed by atoms with Crippen LogP contribution >= 0.6 is 0 Å². The molecule has 3 heterocycles. The van der Waals surface area contributed by atoms with Crippen LogP contribution in [0.15, 0.2) is 59.4 Å². The molecule has 0 saturated heterocycles. The Bertz CT molecular complexity index is 1060. The van der Waals surface area contributed by atoms with Crippen molar-refractivity contribution in [2.24, 2.45) is 18.0 Å². The van der Waals surface area contributed by atoms with Crippen molar-refractivity contribution in [1.82, 2.24) is 14.5 Å². The third kappa shape index (κ3) is 3.43. The van der Waals surface area contributed by atoms with Gasteiger partial charge in [0.2, 0.25) is 5.95 Å². The van der Waals surface area contributed by atoms with Gasteiger partial charge in [-0.1, -0.05) is 6.07 Å². The van der Waals surface area contributed by atoms with Crippen molar-refractivity contribution in [3.63, 3.8) is 0 Å². The Morgan fingerprint density at radius 1 is 1.19 bits per heavy atom. The maximum Gasteiger partial charge on any atom is 0.224 e. The van der Waals surface area contributed by atoms with E-state index in [4.69, 9.17) is 0 Å². The minimum Gasteiger partial charge on any atom is -0.351 e. The lowest BCUT2D eigenvalue weighted by Crippen LogP contribution is -2.10. The highest BCUT2D eigenvalue weighted by atomic mass is 15.2. The molecule has 6 nitrogen and oxygen atoms in total. The Labute approximate surface area is 158 Å². The van der Waals surface area contributed by atoms with E-state index in [0.717, 1.165) is 24.1 Å². The van der Waals surface area contributed by atoms with Gasteiger partial charge in [0.15, 0.2) is 0 Å². The summed E-state index contributed by atoms with van der Waals surface area (Å²) in [4.78, 5) is 13.4. The van der Waals surface area contributed by atoms with Crippen LogP contribution < -0.4 is 10.6 Å². The third-order valence-electron chi connectivity index (χ3n) is 5.17. The number of rotatable bonds is 5. The van der Waals surface area contributed by atoms with E-state index in [9.17, 15) is 0 Å². The Morgan fingerprint density at radius 2 is 2.11 bits per heavy atom. The van der Waals surface area contributed by atoms with Gasteiger partial charge in [-0.3, -0.25) is 4.99 Å². The summed E-state index contributed by atoms with van der Waals surface area (Å²) in [5.41, 5.74) is 3.88. The first kappa shape index (κ1) is 16.1. The standard InChI is InChI=1S/C21H22N6/c1-27-9-7-16-10-14(2-5-18(16)27)12-24-21-22-8-6-19(26-21)25-20-11-17(13-23-20)15-3-4-15/h2,5-11,15H,3-4,12-13H2,1H3,(H2,22,23,24,25,26). The first-order chi connectivity index (χ1) is 13.2. The van der Waals surface area contributed by atoms with Crippen molar-refractivity contribution < 1.29 is 0 Å². The fourth-order valence-corrected chi connectivity index (χ4v) is 3.49. The molecule has 1 saturated carbocycles. The molecule has 0 bridgehead atoms. The van der Waals surface area contributed by atoms with Crippen LogP contribution in [0.4, 0.5) is 11.8 Å². The number of anilines is 2. The number of hydrogen-bond acceptors (Lipinski definition) is 5. The normalized spacial score (nSPS) is 16.3. The average molecular weight is 358 g/mol. The van der Waals surface area contributed by atoms with Crippen molar-refractivity contribution in [3.05, 3.63) is 59.9 Å². The molecule has 3 aromatic rings. The summed E-state index contributed by atoms with van der Waals surface area (Å²) in [7, 11) is 2.06. The first-order valence-electron chi connectivity index (χ1n) is 9.37. The number of amidine groups is 1. The SMILES string of the molecule is Cn1ccc2cc(CNc3nccc(NC4=NCC(C5CC5)=C4)n3)ccc21. The van der Waals surface area contributed by atoms with Gasteiger partial charge in [-0.15, -0.1) is 0 Å². The summed E-state index contributed by atoms with van der Waals surface area (Å²) >= 11 is 0. The number of nitrogens with zero attached hydrogens (tertiary/aromatic N) is 4. The molecule has 0 radical (unpaired) electrons. The highest BCUT2D eigenvalue weighted by molar-refractivity contribution is 6.05. The van der Waals surface area contributed by atoms with Gasteiger partial charge in [0.1, 0.15) is 11.7 Å². The Kier molecular flexibility index (Phi) is 3.89. The van der Waals surface area contributed by atoms with Crippen LogP contribution in [-0.2, 0) is 13.6 Å². The molecular formula is C21H22N6. The van der Waals surface area contributed by atoms with Gasteiger partial charge < -0.3 is 15.2 Å². The second-order valence-electron chi connectivity index (χ2n) is 7.26. The summed E-state index contributed by atoms with van der Waals surface area (Å²) in [5, 5.41) is 7.85. The van der Waals surface area contributed by atoms with Gasteiger partial charge in [-0.25, -0.2) is 4.98 Å². The number of aromatic nitrogens is 3. The summed E-state index contributed by atoms with van der Waals surface area (Å²) in [6.07, 6.45) is 8.63. The molecule has 2 N–H and O–H groups in total. The number of benzene rings is 1. The van der Waals surface area contributed by atoms with E-state index in [1.54, 1.807) is 6.20 Å². The predicted molar refractivity (Wildman–Crippen MR) is 109 cm³/mol. The van der Waals surface area contributed by atoms with Gasteiger partial charge in [0, 0.05) is 31.5 Å². The number of aryl methyl sites for hydroxylation is 1. The molecule has 1 aliphatic heterocycles. The van der Waals surface area contributed by atoms with E-state index in [1.165, 1.54) is 34.9 Å². The zero-order valence-electron chi connectivity index (χ0n) is 15.3. The molecule has 0 unspecified atom stereocenters. The Morgan fingerprint density at radius 3 is 3.00 bits per heavy atom. The number of hydrogen-bond donors (Lipinski definition) is 2. The molecule has 1 aromatic carbocycles. The van der Waals surface area contributed by atoms with E-state index >= 15 is 0 Å². The smallest absolute Gasteiger partial charge is 0.224 e. The Hall–Kier alpha value is -3.15. The lowest BCUT2D eigenvalue weighted by molar-refractivity contribution is 0.959. The van der Waals surface area contributed by atoms with Crippen molar-refractivity contribution in [2.45, 2.75) is 19.4 Å². The van der Waals surface area contributed by atoms with E-state index < -0.39 is 0 Å². The van der Waals surface area contributed by atoms with Crippen LogP contribution in [0.2, 0.25) is 0 Å². The fraction of sp³-hybridized carbons (Fsp3) is 0.286. The number of nitrogens with one attached hydrogen (secondary N) is 2. The third-order valence-corrected chi connectivity index (χ3v) is 5.17. The van der Waals surface area contributed by atoms with Gasteiger partial charge in [-0.05, 0) is 65.6 Å². The van der Waals surface area contributed by atoms with E-state index in [2.05, 4.69) is 73.7 Å². The number of fused-ring (bicyclic) bond motifs is 1. The summed E-state index contributed by atoms with van der Waals surface area (Å²) in [5.74, 6) is 3.03. The van der Waals surface area contributed by atoms with Gasteiger partial charge >= 0.3 is 0 Å². The molecule has 27 heavy (non-hydrogen) atoms. The molecule has 2 aliphatic rings. The monoisotopic (exact) mass is 358 g/mol. The Balaban J connectivity index is 1.25. The zero-order chi connectivity index (χ0) is 18.2. The maximum absolute atomic E-state index is 4.56. The molecule has 0 amide bonds. The van der Waals surface area contributed by atoms with Crippen LogP contribution in [0, 0.1) is 5.92 Å². The van der Waals surface area contributed by atoms with Gasteiger partial charge in [0.25, 0.3) is 0 Å². The summed E-state index contributed by atoms with van der Waals surface area (Å²) in [6, 6.07) is 10.5. The fourth-order valence-electron chi connectivity index (χ4n) is 3.49. The molecule has 2 aromatic heterocycles. The molecule has 1 aliphatic carbocycles. The molecule has 6 heteroatoms. The van der Waals surface area contributed by atoms with Crippen LogP contribution in [0.5, 0.6) is 0 Å². The van der Waals surface area contributed by atoms with Crippen molar-refractivity contribution in [3.8, 4) is 0 Å². The van der Waals surface area contributed by atoms with Crippen molar-refractivity contribution in [1.29, 1.82) is 0 Å². The van der Waals surface area contributed by atoms with Gasteiger partial charge in [-0.2, -0.15) is 4.98 Å². The highest BCUT2D eigenvalue weighted by Crippen LogP contribution is 2.37. The second-order valence-corrected chi connectivity index (χ2v) is 7.26. The van der Waals surface area contributed by atoms with Crippen molar-refractivity contribution in [2.75, 3.05) is 17.2 Å². The molecule has 1 fully saturated rings. The van der Waals surface area contributed by atoms with Crippen molar-refractivity contribution >= 4 is 28.5 Å². The van der Waals surface area contributed by atoms with E-state index in [-0.39, 0.29) is 0 Å². The van der Waals surface area contributed by atoms with Gasteiger partial charge in [0.05, 0.1) is 6.54 Å². The predicted octanol–water partition coefficient (Wildman–Crippen LogP) is 3.74. The van der Waals surface area contributed by atoms with Crippen LogP contribution in [0.1, 0.15) is 18.4 Å². The maximum atomic E-state index is 4.56. The highest BCUT2D eigenvalue weighted by Gasteiger charge is 2.27. The van der Waals surface area contributed by atoms with E-state index in [1.807, 2.05) is 6.07 Å². The largest absolute Gasteiger partial charge is 0.351 e. The molecule has 0 atom stereocenters. The van der Waals surface area contributed by atoms with Crippen LogP contribution in [-0.4, -0.2) is 26.9 Å². The minimum atomic E-state index is 0.609. The lowest BCUT2D eigenvalue weighted by atomic mass is 10.1. The molecular weight excluding hydrogens is 336 g/mol. The van der Waals surface area contributed by atoms with Crippen LogP contribution in [0.25, 0.3) is 10.9 Å². The van der Waals surface area contributed by atoms with E-state index in [0.29, 0.717) is 12.5 Å². The molecule has 5 rings (SSSR count). The molecule has 0 spiro atoms. The first-order valence-corrected chi connectivity index (χ1v) is 9.37. The lowest BCUT2D eigenvalue weighted by Gasteiger charge is -2.08. The minimum absolute atomic E-state index is 0.609. The second kappa shape index (κ2) is 6.54. The van der Waals surface area contributed by atoms with Crippen LogP contribution in [0.3, 0.4) is 0 Å². The summed E-state index contributed by atoms with van der Waals surface area (Å²) in [6.45, 7) is 1.51. The number of aliphatic imine (C=N–C) groups is 1. The average Bonchev–Trinajstić information content (AvgIpc) is 3.33. The summed E-state index contributed by atoms with van der Waals surface area (Å²) < 4.78 is 2.12. The zero-order valence-corrected chi connectivity index (χ0v) is 15.3. The molecule has 136 valence electrons.